The van der Waals surface area contributed by atoms with Crippen LogP contribution in [0.15, 0.2) is 42.0 Å². The first-order valence-corrected chi connectivity index (χ1v) is 6.75. The normalized spacial score (nSPS) is 17.7. The van der Waals surface area contributed by atoms with E-state index in [2.05, 4.69) is 5.32 Å². The summed E-state index contributed by atoms with van der Waals surface area (Å²) in [6.07, 6.45) is 4.67. The largest absolute Gasteiger partial charge is 0.298 e. The van der Waals surface area contributed by atoms with Crippen molar-refractivity contribution in [2.45, 2.75) is 6.92 Å². The van der Waals surface area contributed by atoms with Crippen LogP contribution in [-0.4, -0.2) is 28.4 Å². The highest BCUT2D eigenvalue weighted by atomic mass is 32.1. The zero-order valence-electron chi connectivity index (χ0n) is 11.3. The Morgan fingerprint density at radius 2 is 1.95 bits per heavy atom. The number of benzene rings is 1. The number of amides is 2. The summed E-state index contributed by atoms with van der Waals surface area (Å²) < 4.78 is 12.8. The predicted molar refractivity (Wildman–Crippen MR) is 81.6 cm³/mol. The second-order valence-electron chi connectivity index (χ2n) is 4.30. The predicted octanol–water partition coefficient (Wildman–Crippen LogP) is 2.03. The van der Waals surface area contributed by atoms with Gasteiger partial charge >= 0.3 is 0 Å². The molecule has 0 radical (unpaired) electrons. The third-order valence-electron chi connectivity index (χ3n) is 2.92. The molecule has 2 rings (SSSR count). The van der Waals surface area contributed by atoms with Crippen LogP contribution in [0.25, 0.3) is 6.08 Å². The molecule has 0 unspecified atom stereocenters. The van der Waals surface area contributed by atoms with Crippen molar-refractivity contribution in [2.24, 2.45) is 0 Å². The van der Waals surface area contributed by atoms with Crippen LogP contribution in [0, 0.1) is 5.82 Å². The van der Waals surface area contributed by atoms with Gasteiger partial charge in [-0.3, -0.25) is 19.8 Å². The molecule has 1 saturated heterocycles. The van der Waals surface area contributed by atoms with Gasteiger partial charge in [0.2, 0.25) is 0 Å². The number of thiocarbonyl (C=S) groups is 1. The number of hydrogen-bond donors (Lipinski definition) is 1. The SMILES string of the molecule is CCN1C(=O)C(=CC=Cc2ccc(F)cc2)C(=O)NC1=S. The molecule has 1 aliphatic heterocycles. The average Bonchev–Trinajstić information content (AvgIpc) is 2.44. The highest BCUT2D eigenvalue weighted by Gasteiger charge is 2.31. The van der Waals surface area contributed by atoms with Crippen LogP contribution in [0.3, 0.4) is 0 Å². The smallest absolute Gasteiger partial charge is 0.265 e. The average molecular weight is 304 g/mol. The monoisotopic (exact) mass is 304 g/mol. The molecule has 1 fully saturated rings. The van der Waals surface area contributed by atoms with Gasteiger partial charge in [-0.1, -0.05) is 24.3 Å². The van der Waals surface area contributed by atoms with Crippen molar-refractivity contribution in [2.75, 3.05) is 6.54 Å². The summed E-state index contributed by atoms with van der Waals surface area (Å²) >= 11 is 4.93. The van der Waals surface area contributed by atoms with Crippen molar-refractivity contribution in [1.82, 2.24) is 10.2 Å². The van der Waals surface area contributed by atoms with E-state index in [0.29, 0.717) is 6.54 Å². The van der Waals surface area contributed by atoms with Gasteiger partial charge in [0.25, 0.3) is 11.8 Å². The van der Waals surface area contributed by atoms with E-state index < -0.39 is 11.8 Å². The van der Waals surface area contributed by atoms with Crippen molar-refractivity contribution in [3.63, 3.8) is 0 Å². The van der Waals surface area contributed by atoms with E-state index in [1.807, 2.05) is 0 Å². The number of nitrogens with one attached hydrogen (secondary N) is 1. The summed E-state index contributed by atoms with van der Waals surface area (Å²) in [5.41, 5.74) is 0.781. The molecule has 0 atom stereocenters. The van der Waals surface area contributed by atoms with Crippen molar-refractivity contribution < 1.29 is 14.0 Å². The Balaban J connectivity index is 2.19. The summed E-state index contributed by atoms with van der Waals surface area (Å²) in [6.45, 7) is 2.16. The number of rotatable bonds is 3. The van der Waals surface area contributed by atoms with E-state index in [1.165, 1.54) is 23.1 Å². The summed E-state index contributed by atoms with van der Waals surface area (Å²) in [5.74, 6) is -1.26. The number of carbonyl (C=O) groups excluding carboxylic acids is 2. The highest BCUT2D eigenvalue weighted by molar-refractivity contribution is 7.80. The fraction of sp³-hybridized carbons (Fsp3) is 0.133. The second-order valence-corrected chi connectivity index (χ2v) is 4.69. The molecule has 1 heterocycles. The van der Waals surface area contributed by atoms with Crippen molar-refractivity contribution >= 4 is 35.2 Å². The molecule has 1 N–H and O–H groups in total. The lowest BCUT2D eigenvalue weighted by molar-refractivity contribution is -0.128. The molecule has 2 amide bonds. The van der Waals surface area contributed by atoms with Gasteiger partial charge in [-0.2, -0.15) is 0 Å². The summed E-state index contributed by atoms with van der Waals surface area (Å²) in [6, 6.07) is 5.87. The molecule has 21 heavy (non-hydrogen) atoms. The molecule has 0 bridgehead atoms. The van der Waals surface area contributed by atoms with E-state index in [1.54, 1.807) is 31.2 Å². The lowest BCUT2D eigenvalue weighted by atomic mass is 10.1. The Morgan fingerprint density at radius 1 is 1.29 bits per heavy atom. The Hall–Kier alpha value is -2.34. The van der Waals surface area contributed by atoms with Crippen molar-refractivity contribution in [3.8, 4) is 0 Å². The quantitative estimate of drug-likeness (QED) is 0.528. The molecule has 6 heteroatoms. The first-order chi connectivity index (χ1) is 10.0. The molecular formula is C15H13FN2O2S. The maximum atomic E-state index is 12.8. The van der Waals surface area contributed by atoms with Gasteiger partial charge in [0.05, 0.1) is 0 Å². The minimum Gasteiger partial charge on any atom is -0.298 e. The summed E-state index contributed by atoms with van der Waals surface area (Å²) in [4.78, 5) is 25.2. The fourth-order valence-corrected chi connectivity index (χ4v) is 2.13. The van der Waals surface area contributed by atoms with Crippen LogP contribution in [0.2, 0.25) is 0 Å². The molecule has 1 aliphatic rings. The molecule has 0 aromatic heterocycles. The van der Waals surface area contributed by atoms with Crippen molar-refractivity contribution in [1.29, 1.82) is 0 Å². The topological polar surface area (TPSA) is 49.4 Å². The van der Waals surface area contributed by atoms with Crippen LogP contribution >= 0.6 is 12.2 Å². The molecule has 1 aromatic carbocycles. The number of hydrogen-bond acceptors (Lipinski definition) is 3. The first kappa shape index (κ1) is 15.1. The lowest BCUT2D eigenvalue weighted by Crippen LogP contribution is -2.53. The van der Waals surface area contributed by atoms with Gasteiger partial charge in [-0.05, 0) is 42.9 Å². The maximum absolute atomic E-state index is 12.8. The molecule has 4 nitrogen and oxygen atoms in total. The Bertz CT molecular complexity index is 650. The minimum atomic E-state index is -0.515. The minimum absolute atomic E-state index is 0.0174. The number of likely N-dealkylation sites (N-methyl/N-ethyl adjacent to an activating group) is 1. The third kappa shape index (κ3) is 3.41. The maximum Gasteiger partial charge on any atom is 0.265 e. The third-order valence-corrected chi connectivity index (χ3v) is 3.25. The summed E-state index contributed by atoms with van der Waals surface area (Å²) in [7, 11) is 0. The zero-order chi connectivity index (χ0) is 15.4. The van der Waals surface area contributed by atoms with E-state index >= 15 is 0 Å². The number of halogens is 1. The van der Waals surface area contributed by atoms with Crippen LogP contribution in [-0.2, 0) is 9.59 Å². The van der Waals surface area contributed by atoms with Crippen LogP contribution < -0.4 is 5.32 Å². The number of carbonyl (C=O) groups is 2. The molecule has 0 saturated carbocycles. The Morgan fingerprint density at radius 3 is 2.57 bits per heavy atom. The van der Waals surface area contributed by atoms with E-state index in [4.69, 9.17) is 12.2 Å². The molecule has 1 aromatic rings. The number of nitrogens with zero attached hydrogens (tertiary/aromatic N) is 1. The van der Waals surface area contributed by atoms with Gasteiger partial charge in [0, 0.05) is 6.54 Å². The molecule has 0 spiro atoms. The van der Waals surface area contributed by atoms with Gasteiger partial charge in [-0.15, -0.1) is 0 Å². The fourth-order valence-electron chi connectivity index (χ4n) is 1.83. The molecule has 0 aliphatic carbocycles. The zero-order valence-corrected chi connectivity index (χ0v) is 12.1. The van der Waals surface area contributed by atoms with E-state index in [9.17, 15) is 14.0 Å². The van der Waals surface area contributed by atoms with Gasteiger partial charge < -0.3 is 0 Å². The van der Waals surface area contributed by atoms with Crippen LogP contribution in [0.5, 0.6) is 0 Å². The molecule has 108 valence electrons. The van der Waals surface area contributed by atoms with Crippen LogP contribution in [0.1, 0.15) is 12.5 Å². The molecular weight excluding hydrogens is 291 g/mol. The summed E-state index contributed by atoms with van der Waals surface area (Å²) in [5, 5.41) is 2.58. The second kappa shape index (κ2) is 6.41. The van der Waals surface area contributed by atoms with Crippen LogP contribution in [0.4, 0.5) is 4.39 Å². The first-order valence-electron chi connectivity index (χ1n) is 6.34. The lowest BCUT2D eigenvalue weighted by Gasteiger charge is -2.27. The van der Waals surface area contributed by atoms with Gasteiger partial charge in [0.1, 0.15) is 11.4 Å². The van der Waals surface area contributed by atoms with E-state index in [0.717, 1.165) is 5.56 Å². The standard InChI is InChI=1S/C15H13FN2O2S/c1-2-18-14(20)12(13(19)17-15(18)21)5-3-4-10-6-8-11(16)9-7-10/h3-9H,2H2,1H3,(H,17,19,21). The van der Waals surface area contributed by atoms with E-state index in [-0.39, 0.29) is 16.5 Å². The Kier molecular flexibility index (Phi) is 4.59. The number of allylic oxidation sites excluding steroid dienone is 2. The Labute approximate surface area is 126 Å². The van der Waals surface area contributed by atoms with Gasteiger partial charge in [0.15, 0.2) is 5.11 Å². The highest BCUT2D eigenvalue weighted by Crippen LogP contribution is 2.11. The van der Waals surface area contributed by atoms with Gasteiger partial charge in [-0.25, -0.2) is 4.39 Å². The van der Waals surface area contributed by atoms with Crippen molar-refractivity contribution in [3.05, 3.63) is 53.4 Å².